The highest BCUT2D eigenvalue weighted by Crippen LogP contribution is 2.19. The van der Waals surface area contributed by atoms with Crippen molar-refractivity contribution in [2.24, 2.45) is 0 Å². The zero-order valence-corrected chi connectivity index (χ0v) is 18.0. The van der Waals surface area contributed by atoms with Crippen molar-refractivity contribution in [3.8, 4) is 6.07 Å². The lowest BCUT2D eigenvalue weighted by Crippen LogP contribution is -2.48. The summed E-state index contributed by atoms with van der Waals surface area (Å²) in [6.07, 6.45) is 6.85. The van der Waals surface area contributed by atoms with Crippen LogP contribution in [-0.4, -0.2) is 48.0 Å². The van der Waals surface area contributed by atoms with Gasteiger partial charge in [0.15, 0.2) is 0 Å². The Labute approximate surface area is 183 Å². The summed E-state index contributed by atoms with van der Waals surface area (Å²) >= 11 is 0. The Kier molecular flexibility index (Phi) is 7.99. The molecule has 2 aromatic rings. The third kappa shape index (κ3) is 5.82. The molecule has 1 fully saturated rings. The Balaban J connectivity index is 1.59. The van der Waals surface area contributed by atoms with Crippen LogP contribution in [0.1, 0.15) is 65.3 Å². The van der Waals surface area contributed by atoms with Crippen LogP contribution < -0.4 is 10.2 Å². The third-order valence-electron chi connectivity index (χ3n) is 5.41. The first kappa shape index (κ1) is 22.3. The maximum Gasteiger partial charge on any atom is 0.256 e. The number of hydrogen-bond donors (Lipinski definition) is 1. The molecule has 0 radical (unpaired) electrons. The van der Waals surface area contributed by atoms with Gasteiger partial charge in [0.1, 0.15) is 5.82 Å². The van der Waals surface area contributed by atoms with Crippen LogP contribution >= 0.6 is 0 Å². The maximum absolute atomic E-state index is 12.9. The number of aromatic nitrogens is 1. The molecule has 1 aromatic heterocycles. The van der Waals surface area contributed by atoms with Crippen molar-refractivity contribution in [3.05, 3.63) is 59.3 Å². The van der Waals surface area contributed by atoms with Crippen LogP contribution in [0.3, 0.4) is 0 Å². The average molecular weight is 420 g/mol. The summed E-state index contributed by atoms with van der Waals surface area (Å²) in [5.41, 5.74) is 1.34. The van der Waals surface area contributed by atoms with E-state index in [1.807, 2.05) is 11.0 Å². The topological polar surface area (TPSA) is 89.3 Å². The Morgan fingerprint density at radius 2 is 1.97 bits per heavy atom. The van der Waals surface area contributed by atoms with Crippen LogP contribution in [0.2, 0.25) is 0 Å². The lowest BCUT2D eigenvalue weighted by molar-refractivity contribution is 0.0732. The Morgan fingerprint density at radius 1 is 1.13 bits per heavy atom. The van der Waals surface area contributed by atoms with Crippen molar-refractivity contribution in [1.82, 2.24) is 15.2 Å². The molecule has 0 atom stereocenters. The summed E-state index contributed by atoms with van der Waals surface area (Å²) in [6, 6.07) is 12.6. The first-order chi connectivity index (χ1) is 15.1. The molecule has 7 nitrogen and oxygen atoms in total. The van der Waals surface area contributed by atoms with Gasteiger partial charge in [0.2, 0.25) is 0 Å². The van der Waals surface area contributed by atoms with Crippen molar-refractivity contribution in [1.29, 1.82) is 5.26 Å². The predicted octanol–water partition coefficient (Wildman–Crippen LogP) is 3.57. The summed E-state index contributed by atoms with van der Waals surface area (Å²) in [5.74, 6) is 0.464. The van der Waals surface area contributed by atoms with E-state index in [1.54, 1.807) is 41.4 Å². The van der Waals surface area contributed by atoms with Crippen molar-refractivity contribution in [2.45, 2.75) is 39.0 Å². The quantitative estimate of drug-likeness (QED) is 0.661. The summed E-state index contributed by atoms with van der Waals surface area (Å²) in [4.78, 5) is 33.4. The number of unbranched alkanes of at least 4 members (excludes halogenated alkanes) is 3. The first-order valence-corrected chi connectivity index (χ1v) is 10.9. The van der Waals surface area contributed by atoms with E-state index in [-0.39, 0.29) is 11.8 Å². The molecule has 1 N–H and O–H groups in total. The minimum absolute atomic E-state index is 0.112. The van der Waals surface area contributed by atoms with E-state index in [4.69, 9.17) is 0 Å². The zero-order valence-electron chi connectivity index (χ0n) is 18.0. The molecule has 1 aliphatic rings. The van der Waals surface area contributed by atoms with E-state index >= 15 is 0 Å². The summed E-state index contributed by atoms with van der Waals surface area (Å²) in [5, 5.41) is 12.2. The van der Waals surface area contributed by atoms with Crippen LogP contribution in [0.5, 0.6) is 0 Å². The highest BCUT2D eigenvalue weighted by Gasteiger charge is 2.25. The van der Waals surface area contributed by atoms with Crippen molar-refractivity contribution < 1.29 is 9.59 Å². The number of carbonyl (C=O) groups excluding carboxylic acids is 2. The Bertz CT molecular complexity index is 936. The number of benzene rings is 1. The zero-order chi connectivity index (χ0) is 22.1. The molecule has 1 saturated heterocycles. The van der Waals surface area contributed by atoms with Crippen LogP contribution in [-0.2, 0) is 0 Å². The highest BCUT2D eigenvalue weighted by molar-refractivity contribution is 5.97. The molecule has 3 rings (SSSR count). The minimum atomic E-state index is -0.152. The normalized spacial score (nSPS) is 13.5. The Morgan fingerprint density at radius 3 is 2.71 bits per heavy atom. The van der Waals surface area contributed by atoms with Gasteiger partial charge in [-0.05, 0) is 37.1 Å². The number of hydrogen-bond acceptors (Lipinski definition) is 5. The molecule has 1 aromatic carbocycles. The molecule has 2 amide bonds. The van der Waals surface area contributed by atoms with Crippen LogP contribution in [0.15, 0.2) is 42.6 Å². The number of anilines is 1. The number of nitriles is 1. The fourth-order valence-corrected chi connectivity index (χ4v) is 3.65. The molecule has 31 heavy (non-hydrogen) atoms. The van der Waals surface area contributed by atoms with E-state index in [9.17, 15) is 14.9 Å². The summed E-state index contributed by atoms with van der Waals surface area (Å²) < 4.78 is 0. The maximum atomic E-state index is 12.9. The average Bonchev–Trinajstić information content (AvgIpc) is 2.83. The van der Waals surface area contributed by atoms with Gasteiger partial charge in [-0.25, -0.2) is 4.98 Å². The van der Waals surface area contributed by atoms with Gasteiger partial charge in [-0.15, -0.1) is 0 Å². The number of rotatable bonds is 8. The molecule has 0 aliphatic carbocycles. The smallest absolute Gasteiger partial charge is 0.256 e. The number of amides is 2. The Hall–Kier alpha value is -3.40. The second-order valence-electron chi connectivity index (χ2n) is 7.71. The number of nitrogens with zero attached hydrogens (tertiary/aromatic N) is 4. The molecule has 162 valence electrons. The van der Waals surface area contributed by atoms with Crippen molar-refractivity contribution >= 4 is 17.6 Å². The van der Waals surface area contributed by atoms with Gasteiger partial charge in [-0.2, -0.15) is 5.26 Å². The molecular weight excluding hydrogens is 390 g/mol. The number of pyridine rings is 1. The van der Waals surface area contributed by atoms with Gasteiger partial charge in [-0.3, -0.25) is 9.59 Å². The standard InChI is InChI=1S/C24H29N5O2/c1-2-3-4-7-13-26-23(30)20-11-12-22(27-17-20)28-14-8-15-29(18-28)24(31)21-10-6-5-9-19(21)16-25/h5-6,9-12,17H,2-4,7-8,13-15,18H2,1H3,(H,26,30). The van der Waals surface area contributed by atoms with E-state index in [1.165, 1.54) is 12.8 Å². The lowest BCUT2D eigenvalue weighted by atomic mass is 10.1. The number of nitrogens with one attached hydrogen (secondary N) is 1. The summed E-state index contributed by atoms with van der Waals surface area (Å²) in [6.45, 7) is 4.64. The fourth-order valence-electron chi connectivity index (χ4n) is 3.65. The highest BCUT2D eigenvalue weighted by atomic mass is 16.2. The van der Waals surface area contributed by atoms with Crippen LogP contribution in [0, 0.1) is 11.3 Å². The van der Waals surface area contributed by atoms with Crippen molar-refractivity contribution in [2.75, 3.05) is 31.2 Å². The predicted molar refractivity (Wildman–Crippen MR) is 120 cm³/mol. The van der Waals surface area contributed by atoms with Gasteiger partial charge >= 0.3 is 0 Å². The summed E-state index contributed by atoms with van der Waals surface area (Å²) in [7, 11) is 0. The first-order valence-electron chi connectivity index (χ1n) is 10.9. The third-order valence-corrected chi connectivity index (χ3v) is 5.41. The van der Waals surface area contributed by atoms with Crippen LogP contribution in [0.25, 0.3) is 0 Å². The van der Waals surface area contributed by atoms with Gasteiger partial charge < -0.3 is 15.1 Å². The van der Waals surface area contributed by atoms with E-state index in [0.29, 0.717) is 36.4 Å². The van der Waals surface area contributed by atoms with E-state index in [2.05, 4.69) is 23.3 Å². The van der Waals surface area contributed by atoms with Gasteiger partial charge in [-0.1, -0.05) is 38.3 Å². The molecular formula is C24H29N5O2. The van der Waals surface area contributed by atoms with Crippen LogP contribution in [0.4, 0.5) is 5.82 Å². The van der Waals surface area contributed by atoms with Gasteiger partial charge in [0.05, 0.1) is 29.4 Å². The molecule has 7 heteroatoms. The monoisotopic (exact) mass is 419 g/mol. The lowest BCUT2D eigenvalue weighted by Gasteiger charge is -2.36. The molecule has 0 unspecified atom stereocenters. The van der Waals surface area contributed by atoms with Crippen molar-refractivity contribution in [3.63, 3.8) is 0 Å². The molecule has 0 bridgehead atoms. The van der Waals surface area contributed by atoms with Gasteiger partial charge in [0, 0.05) is 25.8 Å². The van der Waals surface area contributed by atoms with E-state index < -0.39 is 0 Å². The van der Waals surface area contributed by atoms with E-state index in [0.717, 1.165) is 31.6 Å². The molecule has 0 spiro atoms. The second-order valence-corrected chi connectivity index (χ2v) is 7.71. The molecule has 0 saturated carbocycles. The van der Waals surface area contributed by atoms with Gasteiger partial charge in [0.25, 0.3) is 11.8 Å². The molecule has 2 heterocycles. The number of carbonyl (C=O) groups is 2. The molecule has 1 aliphatic heterocycles. The SMILES string of the molecule is CCCCCCNC(=O)c1ccc(N2CCCN(C(=O)c3ccccc3C#N)C2)nc1. The largest absolute Gasteiger partial charge is 0.352 e. The second kappa shape index (κ2) is 11.1. The fraction of sp³-hybridized carbons (Fsp3) is 0.417. The minimum Gasteiger partial charge on any atom is -0.352 e.